The van der Waals surface area contributed by atoms with Crippen LogP contribution >= 0.6 is 23.2 Å². The molecule has 1 aliphatic heterocycles. The molecule has 0 spiro atoms. The Morgan fingerprint density at radius 1 is 0.830 bits per heavy atom. The maximum absolute atomic E-state index is 13.5. The van der Waals surface area contributed by atoms with E-state index in [0.29, 0.717) is 13.1 Å². The van der Waals surface area contributed by atoms with E-state index in [2.05, 4.69) is 16.0 Å². The smallest absolute Gasteiger partial charge is 0.330 e. The average molecular weight is 672 g/mol. The Labute approximate surface area is 282 Å². The molecule has 1 heterocycles. The van der Waals surface area contributed by atoms with E-state index in [1.165, 1.54) is 17.7 Å². The molecule has 1 aliphatic carbocycles. The van der Waals surface area contributed by atoms with Crippen LogP contribution in [0.1, 0.15) is 61.0 Å². The van der Waals surface area contributed by atoms with Gasteiger partial charge in [-0.2, -0.15) is 0 Å². The number of rotatable bonds is 9. The molecule has 11 heteroatoms. The van der Waals surface area contributed by atoms with Crippen LogP contribution in [0, 0.1) is 0 Å². The zero-order valence-electron chi connectivity index (χ0n) is 25.3. The molecule has 4 aromatic rings. The fourth-order valence-corrected chi connectivity index (χ4v) is 6.60. The van der Waals surface area contributed by atoms with E-state index in [-0.39, 0.29) is 46.3 Å². The maximum Gasteiger partial charge on any atom is 0.330 e. The van der Waals surface area contributed by atoms with Crippen molar-refractivity contribution in [2.24, 2.45) is 0 Å². The predicted octanol–water partition coefficient (Wildman–Crippen LogP) is 5.98. The minimum absolute atomic E-state index is 0.0320. The lowest BCUT2D eigenvalue weighted by atomic mass is 10.1. The van der Waals surface area contributed by atoms with Crippen molar-refractivity contribution in [3.05, 3.63) is 140 Å². The number of nitrogens with one attached hydrogen (secondary N) is 3. The topological polar surface area (TPSA) is 117 Å². The number of amides is 4. The average Bonchev–Trinajstić information content (AvgIpc) is 3.70. The third-order valence-electron chi connectivity index (χ3n) is 8.36. The van der Waals surface area contributed by atoms with Crippen molar-refractivity contribution in [1.29, 1.82) is 0 Å². The summed E-state index contributed by atoms with van der Waals surface area (Å²) in [5, 5.41) is 8.12. The fraction of sp³-hybridized carbons (Fsp3) is 0.222. The third-order valence-corrected chi connectivity index (χ3v) is 8.96. The van der Waals surface area contributed by atoms with Crippen molar-refractivity contribution < 1.29 is 23.9 Å². The number of esters is 1. The molecule has 240 valence electrons. The van der Waals surface area contributed by atoms with Gasteiger partial charge in [-0.25, -0.2) is 9.59 Å². The van der Waals surface area contributed by atoms with Crippen molar-refractivity contribution in [1.82, 2.24) is 20.9 Å². The van der Waals surface area contributed by atoms with Gasteiger partial charge in [-0.15, -0.1) is 0 Å². The number of fused-ring (bicyclic) bond motifs is 2. The van der Waals surface area contributed by atoms with Crippen LogP contribution in [-0.2, 0) is 35.6 Å². The Morgan fingerprint density at radius 3 is 2.13 bits per heavy atom. The van der Waals surface area contributed by atoms with Gasteiger partial charge < -0.3 is 25.6 Å². The molecular formula is C36H32Cl2N4O5. The first-order valence-corrected chi connectivity index (χ1v) is 16.0. The molecule has 0 bridgehead atoms. The van der Waals surface area contributed by atoms with E-state index in [4.69, 9.17) is 27.9 Å². The number of ether oxygens (including phenoxy) is 1. The second-order valence-electron chi connectivity index (χ2n) is 11.5. The molecule has 9 nitrogen and oxygen atoms in total. The van der Waals surface area contributed by atoms with E-state index in [9.17, 15) is 19.2 Å². The summed E-state index contributed by atoms with van der Waals surface area (Å²) in [6.45, 7) is 0.608. The minimum Gasteiger partial charge on any atom is -0.459 e. The number of benzene rings is 4. The molecule has 2 atom stereocenters. The highest BCUT2D eigenvalue weighted by molar-refractivity contribution is 6.40. The van der Waals surface area contributed by atoms with Crippen molar-refractivity contribution in [3.63, 3.8) is 0 Å². The Hall–Kier alpha value is -4.86. The van der Waals surface area contributed by atoms with E-state index in [1.807, 2.05) is 66.7 Å². The summed E-state index contributed by atoms with van der Waals surface area (Å²) in [5.74, 6) is -1.80. The molecule has 4 amide bonds. The minimum atomic E-state index is -1.27. The number of hydrogen-bond donors (Lipinski definition) is 3. The monoisotopic (exact) mass is 670 g/mol. The van der Waals surface area contributed by atoms with Crippen molar-refractivity contribution in [2.75, 3.05) is 6.54 Å². The van der Waals surface area contributed by atoms with E-state index < -0.39 is 23.9 Å². The fourth-order valence-electron chi connectivity index (χ4n) is 5.94. The van der Waals surface area contributed by atoms with Gasteiger partial charge in [0.15, 0.2) is 0 Å². The molecule has 47 heavy (non-hydrogen) atoms. The van der Waals surface area contributed by atoms with Crippen LogP contribution in [0.15, 0.2) is 91.0 Å². The molecule has 0 aromatic heterocycles. The quantitative estimate of drug-likeness (QED) is 0.190. The highest BCUT2D eigenvalue weighted by Crippen LogP contribution is 2.31. The predicted molar refractivity (Wildman–Crippen MR) is 178 cm³/mol. The third kappa shape index (κ3) is 7.42. The standard InChI is InChI=1S/C36H32Cl2N4O5/c37-28-16-26(34(44)42-19-24-11-4-5-12-25(24)20-42)17-29(38)32(28)33(43)40-31(35(45)47-21-22-8-2-1-3-9-22)18-39-36(46)41-30-15-14-23-10-6-7-13-27(23)30/h1-13,16-17,30-31H,14-15,18-21H2,(H,40,43)(H2,39,41,46)/t30-,31+/m1/s1. The van der Waals surface area contributed by atoms with Gasteiger partial charge in [0.25, 0.3) is 11.8 Å². The highest BCUT2D eigenvalue weighted by Gasteiger charge is 2.30. The first kappa shape index (κ1) is 32.1. The van der Waals surface area contributed by atoms with Gasteiger partial charge in [-0.1, -0.05) is 102 Å². The largest absolute Gasteiger partial charge is 0.459 e. The number of aryl methyl sites for hydroxylation is 1. The van der Waals surface area contributed by atoms with Crippen molar-refractivity contribution >= 4 is 47.0 Å². The number of carbonyl (C=O) groups excluding carboxylic acids is 4. The summed E-state index contributed by atoms with van der Waals surface area (Å²) in [6, 6.07) is 25.6. The SMILES string of the molecule is O=C(NC[C@H](NC(=O)c1c(Cl)cc(C(=O)N2Cc3ccccc3C2)cc1Cl)C(=O)OCc1ccccc1)N[C@@H]1CCc2ccccc21. The lowest BCUT2D eigenvalue weighted by Gasteiger charge is -2.21. The number of urea groups is 1. The maximum atomic E-state index is 13.5. The number of hydrogen-bond acceptors (Lipinski definition) is 5. The van der Waals surface area contributed by atoms with E-state index in [0.717, 1.165) is 35.1 Å². The number of carbonyl (C=O) groups is 4. The molecule has 0 unspecified atom stereocenters. The van der Waals surface area contributed by atoms with Crippen LogP contribution in [0.5, 0.6) is 0 Å². The summed E-state index contributed by atoms with van der Waals surface area (Å²) < 4.78 is 5.49. The van der Waals surface area contributed by atoms with Crippen LogP contribution < -0.4 is 16.0 Å². The number of nitrogens with zero attached hydrogens (tertiary/aromatic N) is 1. The summed E-state index contributed by atoms with van der Waals surface area (Å²) >= 11 is 13.1. The zero-order chi connectivity index (χ0) is 32.9. The van der Waals surface area contributed by atoms with E-state index >= 15 is 0 Å². The summed E-state index contributed by atoms with van der Waals surface area (Å²) in [4.78, 5) is 54.6. The van der Waals surface area contributed by atoms with Gasteiger partial charge in [0, 0.05) is 18.7 Å². The van der Waals surface area contributed by atoms with Crippen LogP contribution in [0.25, 0.3) is 0 Å². The second kappa shape index (κ2) is 14.3. The van der Waals surface area contributed by atoms with Crippen LogP contribution in [0.3, 0.4) is 0 Å². The van der Waals surface area contributed by atoms with Gasteiger partial charge >= 0.3 is 12.0 Å². The van der Waals surface area contributed by atoms with Gasteiger partial charge in [-0.05, 0) is 52.8 Å². The Balaban J connectivity index is 1.14. The summed E-state index contributed by atoms with van der Waals surface area (Å²) in [5.41, 5.74) is 5.24. The summed E-state index contributed by atoms with van der Waals surface area (Å²) in [7, 11) is 0. The molecule has 0 saturated heterocycles. The molecule has 0 fully saturated rings. The lowest BCUT2D eigenvalue weighted by molar-refractivity contribution is -0.147. The van der Waals surface area contributed by atoms with E-state index in [1.54, 1.807) is 17.0 Å². The van der Waals surface area contributed by atoms with Gasteiger partial charge in [0.1, 0.15) is 12.6 Å². The van der Waals surface area contributed by atoms with Crippen molar-refractivity contribution in [2.45, 2.75) is 44.6 Å². The summed E-state index contributed by atoms with van der Waals surface area (Å²) in [6.07, 6.45) is 1.61. The Morgan fingerprint density at radius 2 is 1.45 bits per heavy atom. The molecule has 3 N–H and O–H groups in total. The lowest BCUT2D eigenvalue weighted by Crippen LogP contribution is -2.51. The van der Waals surface area contributed by atoms with Crippen LogP contribution in [-0.4, -0.2) is 41.3 Å². The van der Waals surface area contributed by atoms with Crippen molar-refractivity contribution in [3.8, 4) is 0 Å². The van der Waals surface area contributed by atoms with Crippen LogP contribution in [0.4, 0.5) is 4.79 Å². The Bertz CT molecular complexity index is 1790. The molecule has 2 aliphatic rings. The second-order valence-corrected chi connectivity index (χ2v) is 12.3. The Kier molecular flexibility index (Phi) is 9.75. The highest BCUT2D eigenvalue weighted by atomic mass is 35.5. The molecule has 6 rings (SSSR count). The zero-order valence-corrected chi connectivity index (χ0v) is 26.8. The van der Waals surface area contributed by atoms with Gasteiger partial charge in [0.05, 0.1) is 28.2 Å². The molecule has 0 radical (unpaired) electrons. The number of halogens is 2. The van der Waals surface area contributed by atoms with Gasteiger partial charge in [0.2, 0.25) is 0 Å². The normalized spacial score (nSPS) is 15.3. The van der Waals surface area contributed by atoms with Crippen LogP contribution in [0.2, 0.25) is 10.0 Å². The van der Waals surface area contributed by atoms with Gasteiger partial charge in [-0.3, -0.25) is 9.59 Å². The molecule has 0 saturated carbocycles. The first-order valence-electron chi connectivity index (χ1n) is 15.3. The molecule has 4 aromatic carbocycles. The molecular weight excluding hydrogens is 639 g/mol. The first-order chi connectivity index (χ1) is 22.8.